The van der Waals surface area contributed by atoms with Gasteiger partial charge in [0.1, 0.15) is 0 Å². The Morgan fingerprint density at radius 2 is 1.71 bits per heavy atom. The zero-order valence-electron chi connectivity index (χ0n) is 8.46. The molecule has 3 nitrogen and oxygen atoms in total. The average Bonchev–Trinajstić information content (AvgIpc) is 2.19. The van der Waals surface area contributed by atoms with Crippen molar-refractivity contribution in [3.63, 3.8) is 0 Å². The minimum absolute atomic E-state index is 0.215. The minimum atomic E-state index is -5.25. The number of alkyl halides is 3. The summed E-state index contributed by atoms with van der Waals surface area (Å²) in [5.74, 6) is 0. The molecule has 96 valence electrons. The number of sulfonamides is 1. The lowest BCUT2D eigenvalue weighted by Gasteiger charge is -2.09. The fourth-order valence-electron chi connectivity index (χ4n) is 1.06. The van der Waals surface area contributed by atoms with Crippen molar-refractivity contribution < 1.29 is 21.6 Å². The SMILES string of the molecule is O=S(=O)(NCCc1ccc(I)cc1)C(F)(F)F. The number of benzene rings is 1. The second-order valence-electron chi connectivity index (χ2n) is 3.22. The molecule has 1 aromatic carbocycles. The number of nitrogens with one attached hydrogen (secondary N) is 1. The number of hydrogen-bond donors (Lipinski definition) is 1. The van der Waals surface area contributed by atoms with Crippen molar-refractivity contribution >= 4 is 32.6 Å². The Labute approximate surface area is 111 Å². The molecular formula is C9H9F3INO2S. The van der Waals surface area contributed by atoms with Gasteiger partial charge in [-0.05, 0) is 46.7 Å². The molecule has 0 saturated carbocycles. The number of halogens is 4. The van der Waals surface area contributed by atoms with Gasteiger partial charge in [0.15, 0.2) is 0 Å². The standard InChI is InChI=1S/C9H9F3INO2S/c10-9(11,12)17(15,16)14-6-5-7-1-3-8(13)4-2-7/h1-4,14H,5-6H2. The second kappa shape index (κ2) is 5.53. The van der Waals surface area contributed by atoms with Gasteiger partial charge in [0.2, 0.25) is 0 Å². The fourth-order valence-corrected chi connectivity index (χ4v) is 1.96. The van der Waals surface area contributed by atoms with Crippen LogP contribution >= 0.6 is 22.6 Å². The van der Waals surface area contributed by atoms with Crippen LogP contribution in [0.1, 0.15) is 5.56 Å². The first-order valence-electron chi connectivity index (χ1n) is 4.53. The topological polar surface area (TPSA) is 46.2 Å². The molecule has 0 aliphatic rings. The highest BCUT2D eigenvalue weighted by molar-refractivity contribution is 14.1. The fraction of sp³-hybridized carbons (Fsp3) is 0.333. The van der Waals surface area contributed by atoms with Crippen LogP contribution in [0.25, 0.3) is 0 Å². The number of hydrogen-bond acceptors (Lipinski definition) is 2. The summed E-state index contributed by atoms with van der Waals surface area (Å²) in [7, 11) is -5.23. The van der Waals surface area contributed by atoms with E-state index in [2.05, 4.69) is 22.6 Å². The van der Waals surface area contributed by atoms with Gasteiger partial charge in [0.05, 0.1) is 0 Å². The summed E-state index contributed by atoms with van der Waals surface area (Å²) in [5, 5.41) is 0. The molecule has 0 saturated heterocycles. The Kier molecular flexibility index (Phi) is 4.78. The average molecular weight is 379 g/mol. The Balaban J connectivity index is 2.52. The van der Waals surface area contributed by atoms with E-state index in [9.17, 15) is 21.6 Å². The van der Waals surface area contributed by atoms with Crippen molar-refractivity contribution in [1.29, 1.82) is 0 Å². The molecule has 0 fully saturated rings. The van der Waals surface area contributed by atoms with Crippen LogP contribution in [0.3, 0.4) is 0 Å². The van der Waals surface area contributed by atoms with E-state index in [4.69, 9.17) is 0 Å². The van der Waals surface area contributed by atoms with E-state index in [1.807, 2.05) is 0 Å². The molecule has 17 heavy (non-hydrogen) atoms. The van der Waals surface area contributed by atoms with Crippen LogP contribution in [-0.2, 0) is 16.4 Å². The maximum atomic E-state index is 12.0. The van der Waals surface area contributed by atoms with Gasteiger partial charge in [0, 0.05) is 10.1 Å². The van der Waals surface area contributed by atoms with Crippen LogP contribution < -0.4 is 4.72 Å². The van der Waals surface area contributed by atoms with Gasteiger partial charge in [-0.2, -0.15) is 13.2 Å². The van der Waals surface area contributed by atoms with Gasteiger partial charge in [-0.3, -0.25) is 0 Å². The molecule has 0 amide bonds. The Bertz CT molecular complexity index is 470. The van der Waals surface area contributed by atoms with Crippen LogP contribution in [-0.4, -0.2) is 20.5 Å². The Hall–Kier alpha value is -0.350. The molecule has 1 N–H and O–H groups in total. The van der Waals surface area contributed by atoms with E-state index in [-0.39, 0.29) is 13.0 Å². The summed E-state index contributed by atoms with van der Waals surface area (Å²) < 4.78 is 59.7. The minimum Gasteiger partial charge on any atom is -0.207 e. The normalized spacial score (nSPS) is 12.7. The molecule has 0 bridgehead atoms. The molecule has 0 unspecified atom stereocenters. The third-order valence-electron chi connectivity index (χ3n) is 1.92. The summed E-state index contributed by atoms with van der Waals surface area (Å²) in [4.78, 5) is 0. The predicted molar refractivity (Wildman–Crippen MR) is 65.8 cm³/mol. The molecule has 8 heteroatoms. The first-order valence-corrected chi connectivity index (χ1v) is 7.09. The van der Waals surface area contributed by atoms with Crippen molar-refractivity contribution in [1.82, 2.24) is 4.72 Å². The van der Waals surface area contributed by atoms with Crippen LogP contribution in [0, 0.1) is 3.57 Å². The summed E-state index contributed by atoms with van der Waals surface area (Å²) in [5.41, 5.74) is -4.48. The van der Waals surface area contributed by atoms with E-state index >= 15 is 0 Å². The molecule has 0 spiro atoms. The second-order valence-corrected chi connectivity index (χ2v) is 6.22. The first kappa shape index (κ1) is 14.7. The maximum absolute atomic E-state index is 12.0. The van der Waals surface area contributed by atoms with Gasteiger partial charge in [-0.25, -0.2) is 13.1 Å². The predicted octanol–water partition coefficient (Wildman–Crippen LogP) is 2.27. The van der Waals surface area contributed by atoms with Gasteiger partial charge >= 0.3 is 15.5 Å². The molecule has 0 aliphatic carbocycles. The van der Waals surface area contributed by atoms with Crippen molar-refractivity contribution in [2.45, 2.75) is 11.9 Å². The largest absolute Gasteiger partial charge is 0.511 e. The van der Waals surface area contributed by atoms with E-state index in [1.165, 1.54) is 4.72 Å². The molecule has 0 radical (unpaired) electrons. The molecule has 0 atom stereocenters. The van der Waals surface area contributed by atoms with Crippen molar-refractivity contribution in [3.05, 3.63) is 33.4 Å². The monoisotopic (exact) mass is 379 g/mol. The van der Waals surface area contributed by atoms with Gasteiger partial charge in [-0.1, -0.05) is 12.1 Å². The highest BCUT2D eigenvalue weighted by Gasteiger charge is 2.45. The molecule has 0 aliphatic heterocycles. The van der Waals surface area contributed by atoms with E-state index in [0.29, 0.717) is 0 Å². The zero-order valence-corrected chi connectivity index (χ0v) is 11.4. The zero-order chi connectivity index (χ0) is 13.1. The summed E-state index contributed by atoms with van der Waals surface area (Å²) in [6.07, 6.45) is 0.215. The quantitative estimate of drug-likeness (QED) is 0.817. The summed E-state index contributed by atoms with van der Waals surface area (Å²) >= 11 is 2.10. The smallest absolute Gasteiger partial charge is 0.207 e. The van der Waals surface area contributed by atoms with Crippen molar-refractivity contribution in [2.24, 2.45) is 0 Å². The highest BCUT2D eigenvalue weighted by Crippen LogP contribution is 2.21. The van der Waals surface area contributed by atoms with Gasteiger partial charge < -0.3 is 0 Å². The lowest BCUT2D eigenvalue weighted by Crippen LogP contribution is -2.37. The van der Waals surface area contributed by atoms with Crippen molar-refractivity contribution in [3.8, 4) is 0 Å². The Morgan fingerprint density at radius 1 is 1.18 bits per heavy atom. The summed E-state index contributed by atoms with van der Waals surface area (Å²) in [6, 6.07) is 7.08. The van der Waals surface area contributed by atoms with Gasteiger partial charge in [-0.15, -0.1) is 0 Å². The lowest BCUT2D eigenvalue weighted by atomic mass is 10.2. The third kappa shape index (κ3) is 4.43. The highest BCUT2D eigenvalue weighted by atomic mass is 127. The maximum Gasteiger partial charge on any atom is 0.511 e. The van der Waals surface area contributed by atoms with Gasteiger partial charge in [0.25, 0.3) is 0 Å². The van der Waals surface area contributed by atoms with Crippen LogP contribution in [0.2, 0.25) is 0 Å². The molecule has 1 rings (SSSR count). The van der Waals surface area contributed by atoms with E-state index in [1.54, 1.807) is 24.3 Å². The Morgan fingerprint density at radius 3 is 2.18 bits per heavy atom. The first-order chi connectivity index (χ1) is 7.72. The molecule has 1 aromatic rings. The molecule has 0 heterocycles. The van der Waals surface area contributed by atoms with Crippen molar-refractivity contribution in [2.75, 3.05) is 6.54 Å². The molecular weight excluding hydrogens is 370 g/mol. The summed E-state index contributed by atoms with van der Waals surface area (Å²) in [6.45, 7) is -0.275. The van der Waals surface area contributed by atoms with Crippen LogP contribution in [0.5, 0.6) is 0 Å². The van der Waals surface area contributed by atoms with Crippen LogP contribution in [0.15, 0.2) is 24.3 Å². The van der Waals surface area contributed by atoms with E-state index < -0.39 is 15.5 Å². The van der Waals surface area contributed by atoms with E-state index in [0.717, 1.165) is 9.13 Å². The molecule has 0 aromatic heterocycles. The number of rotatable bonds is 4. The lowest BCUT2D eigenvalue weighted by molar-refractivity contribution is -0.0447. The third-order valence-corrected chi connectivity index (χ3v) is 3.84. The van der Waals surface area contributed by atoms with Crippen LogP contribution in [0.4, 0.5) is 13.2 Å².